The first-order chi connectivity index (χ1) is 13.9. The number of hydrogen-bond acceptors (Lipinski definition) is 6. The molecule has 8 nitrogen and oxygen atoms in total. The van der Waals surface area contributed by atoms with Crippen LogP contribution in [0.1, 0.15) is 26.7 Å². The quantitative estimate of drug-likeness (QED) is 0.652. The summed E-state index contributed by atoms with van der Waals surface area (Å²) in [6, 6.07) is 3.42. The first-order valence-corrected chi connectivity index (χ1v) is 9.97. The van der Waals surface area contributed by atoms with Crippen molar-refractivity contribution < 1.29 is 23.8 Å². The molecule has 0 radical (unpaired) electrons. The van der Waals surface area contributed by atoms with Crippen LogP contribution in [-0.4, -0.2) is 64.2 Å². The van der Waals surface area contributed by atoms with E-state index in [0.717, 1.165) is 25.9 Å². The fourth-order valence-corrected chi connectivity index (χ4v) is 3.47. The van der Waals surface area contributed by atoms with Crippen LogP contribution in [0.2, 0.25) is 0 Å². The molecule has 0 aliphatic carbocycles. The predicted octanol–water partition coefficient (Wildman–Crippen LogP) is 2.14. The van der Waals surface area contributed by atoms with Crippen molar-refractivity contribution in [2.24, 2.45) is 11.8 Å². The number of methoxy groups -OCH3 is 3. The Labute approximate surface area is 172 Å². The van der Waals surface area contributed by atoms with E-state index < -0.39 is 0 Å². The van der Waals surface area contributed by atoms with Crippen LogP contribution in [0, 0.1) is 11.8 Å². The monoisotopic (exact) mass is 407 g/mol. The summed E-state index contributed by atoms with van der Waals surface area (Å²) in [6.07, 6.45) is 2.07. The first-order valence-electron chi connectivity index (χ1n) is 9.97. The molecule has 1 aromatic rings. The number of amides is 2. The number of likely N-dealkylation sites (tertiary alicyclic amines) is 1. The minimum Gasteiger partial charge on any atom is -0.493 e. The number of carbonyl (C=O) groups is 2. The highest BCUT2D eigenvalue weighted by atomic mass is 16.5. The van der Waals surface area contributed by atoms with E-state index in [2.05, 4.69) is 15.5 Å². The number of carbonyl (C=O) groups excluding carboxylic acids is 2. The summed E-state index contributed by atoms with van der Waals surface area (Å²) in [7, 11) is 4.61. The van der Waals surface area contributed by atoms with Gasteiger partial charge in [0, 0.05) is 36.8 Å². The number of piperidine rings is 1. The molecule has 1 aromatic carbocycles. The Morgan fingerprint density at radius 3 is 2.34 bits per heavy atom. The zero-order chi connectivity index (χ0) is 21.4. The molecule has 0 saturated carbocycles. The number of rotatable bonds is 9. The van der Waals surface area contributed by atoms with Crippen LogP contribution in [0.15, 0.2) is 12.1 Å². The van der Waals surface area contributed by atoms with Crippen LogP contribution in [0.3, 0.4) is 0 Å². The average Bonchev–Trinajstić information content (AvgIpc) is 2.71. The molecule has 162 valence electrons. The summed E-state index contributed by atoms with van der Waals surface area (Å²) in [5.74, 6) is 1.77. The molecule has 2 N–H and O–H groups in total. The van der Waals surface area contributed by atoms with Crippen molar-refractivity contribution in [3.05, 3.63) is 12.1 Å². The van der Waals surface area contributed by atoms with Crippen LogP contribution in [0.25, 0.3) is 0 Å². The Bertz CT molecular complexity index is 683. The highest BCUT2D eigenvalue weighted by Gasteiger charge is 2.23. The predicted molar refractivity (Wildman–Crippen MR) is 112 cm³/mol. The molecule has 0 spiro atoms. The zero-order valence-corrected chi connectivity index (χ0v) is 18.0. The van der Waals surface area contributed by atoms with Crippen molar-refractivity contribution in [2.75, 3.05) is 52.8 Å². The molecule has 1 fully saturated rings. The van der Waals surface area contributed by atoms with Gasteiger partial charge in [0.15, 0.2) is 11.5 Å². The molecule has 1 unspecified atom stereocenters. The summed E-state index contributed by atoms with van der Waals surface area (Å²) >= 11 is 0. The Balaban J connectivity index is 1.92. The Hall–Kier alpha value is -2.48. The first kappa shape index (κ1) is 22.8. The van der Waals surface area contributed by atoms with Gasteiger partial charge in [-0.15, -0.1) is 0 Å². The molecule has 29 heavy (non-hydrogen) atoms. The lowest BCUT2D eigenvalue weighted by Gasteiger charge is -2.32. The summed E-state index contributed by atoms with van der Waals surface area (Å²) < 4.78 is 16.0. The second kappa shape index (κ2) is 10.9. The summed E-state index contributed by atoms with van der Waals surface area (Å²) in [6.45, 7) is 6.39. The average molecular weight is 408 g/mol. The van der Waals surface area contributed by atoms with Crippen molar-refractivity contribution in [3.8, 4) is 17.2 Å². The Morgan fingerprint density at radius 2 is 1.79 bits per heavy atom. The lowest BCUT2D eigenvalue weighted by atomic mass is 9.97. The highest BCUT2D eigenvalue weighted by molar-refractivity contribution is 5.93. The molecule has 1 heterocycles. The third-order valence-corrected chi connectivity index (χ3v) is 5.01. The second-order valence-electron chi connectivity index (χ2n) is 7.61. The maximum Gasteiger partial charge on any atom is 0.238 e. The Kier molecular flexibility index (Phi) is 8.57. The van der Waals surface area contributed by atoms with Crippen molar-refractivity contribution in [1.82, 2.24) is 10.2 Å². The van der Waals surface area contributed by atoms with E-state index in [9.17, 15) is 9.59 Å². The number of hydrogen-bond donors (Lipinski definition) is 2. The SMILES string of the molecule is COc1cc(NC(=O)CN2CCCC(CNC(=O)C(C)C)C2)cc(OC)c1OC. The van der Waals surface area contributed by atoms with E-state index in [1.165, 1.54) is 21.3 Å². The van der Waals surface area contributed by atoms with Crippen molar-refractivity contribution in [3.63, 3.8) is 0 Å². The van der Waals surface area contributed by atoms with Gasteiger partial charge in [0.05, 0.1) is 27.9 Å². The Morgan fingerprint density at radius 1 is 1.14 bits per heavy atom. The number of anilines is 1. The lowest BCUT2D eigenvalue weighted by molar-refractivity contribution is -0.124. The third kappa shape index (κ3) is 6.52. The highest BCUT2D eigenvalue weighted by Crippen LogP contribution is 2.39. The normalized spacial score (nSPS) is 17.0. The molecule has 2 amide bonds. The summed E-state index contributed by atoms with van der Waals surface area (Å²) in [4.78, 5) is 26.5. The van der Waals surface area contributed by atoms with E-state index in [4.69, 9.17) is 14.2 Å². The number of nitrogens with zero attached hydrogens (tertiary/aromatic N) is 1. The molecular weight excluding hydrogens is 374 g/mol. The van der Waals surface area contributed by atoms with Gasteiger partial charge >= 0.3 is 0 Å². The maximum atomic E-state index is 12.6. The number of nitrogens with one attached hydrogen (secondary N) is 2. The van der Waals surface area contributed by atoms with Crippen molar-refractivity contribution in [2.45, 2.75) is 26.7 Å². The number of benzene rings is 1. The fourth-order valence-electron chi connectivity index (χ4n) is 3.47. The van der Waals surface area contributed by atoms with Gasteiger partial charge in [0.2, 0.25) is 17.6 Å². The molecule has 8 heteroatoms. The largest absolute Gasteiger partial charge is 0.493 e. The van der Waals surface area contributed by atoms with Crippen molar-refractivity contribution >= 4 is 17.5 Å². The molecule has 0 aromatic heterocycles. The molecule has 0 bridgehead atoms. The van der Waals surface area contributed by atoms with Gasteiger partial charge < -0.3 is 24.8 Å². The van der Waals surface area contributed by atoms with Gasteiger partial charge in [0.25, 0.3) is 0 Å². The minimum absolute atomic E-state index is 0.0149. The molecular formula is C21H33N3O5. The van der Waals surface area contributed by atoms with Gasteiger partial charge in [-0.25, -0.2) is 0 Å². The second-order valence-corrected chi connectivity index (χ2v) is 7.61. The van der Waals surface area contributed by atoms with Crippen LogP contribution in [-0.2, 0) is 9.59 Å². The molecule has 2 rings (SSSR count). The van der Waals surface area contributed by atoms with Crippen molar-refractivity contribution in [1.29, 1.82) is 0 Å². The van der Waals surface area contributed by atoms with Crippen LogP contribution in [0.4, 0.5) is 5.69 Å². The third-order valence-electron chi connectivity index (χ3n) is 5.01. The van der Waals surface area contributed by atoms with Gasteiger partial charge in [0.1, 0.15) is 0 Å². The standard InChI is InChI=1S/C21H33N3O5/c1-14(2)21(26)22-11-15-7-6-8-24(12-15)13-19(25)23-16-9-17(27-3)20(29-5)18(10-16)28-4/h9-10,14-15H,6-8,11-13H2,1-5H3,(H,22,26)(H,23,25). The fraction of sp³-hybridized carbons (Fsp3) is 0.619. The molecule has 1 aliphatic rings. The summed E-state index contributed by atoms with van der Waals surface area (Å²) in [5.41, 5.74) is 0.585. The molecule has 1 aliphatic heterocycles. The molecule has 1 saturated heterocycles. The van der Waals surface area contributed by atoms with Gasteiger partial charge in [-0.1, -0.05) is 13.8 Å². The topological polar surface area (TPSA) is 89.1 Å². The van der Waals surface area contributed by atoms with Gasteiger partial charge in [-0.05, 0) is 25.3 Å². The van der Waals surface area contributed by atoms with Crippen LogP contribution >= 0.6 is 0 Å². The van der Waals surface area contributed by atoms with Crippen LogP contribution < -0.4 is 24.8 Å². The minimum atomic E-state index is -0.105. The lowest BCUT2D eigenvalue weighted by Crippen LogP contribution is -2.44. The smallest absolute Gasteiger partial charge is 0.238 e. The molecule has 1 atom stereocenters. The van der Waals surface area contributed by atoms with Gasteiger partial charge in [-0.3, -0.25) is 14.5 Å². The maximum absolute atomic E-state index is 12.6. The van der Waals surface area contributed by atoms with E-state index in [1.807, 2.05) is 13.8 Å². The van der Waals surface area contributed by atoms with E-state index in [1.54, 1.807) is 12.1 Å². The van der Waals surface area contributed by atoms with E-state index in [-0.39, 0.29) is 17.7 Å². The number of ether oxygens (including phenoxy) is 3. The van der Waals surface area contributed by atoms with Gasteiger partial charge in [-0.2, -0.15) is 0 Å². The van der Waals surface area contributed by atoms with E-state index >= 15 is 0 Å². The summed E-state index contributed by atoms with van der Waals surface area (Å²) in [5, 5.41) is 5.90. The zero-order valence-electron chi connectivity index (χ0n) is 18.0. The van der Waals surface area contributed by atoms with Crippen LogP contribution in [0.5, 0.6) is 17.2 Å². The van der Waals surface area contributed by atoms with E-state index in [0.29, 0.717) is 41.9 Å².